The lowest BCUT2D eigenvalue weighted by Crippen LogP contribution is -2.43. The van der Waals surface area contributed by atoms with Gasteiger partial charge in [0.25, 0.3) is 0 Å². The fourth-order valence-corrected chi connectivity index (χ4v) is 4.09. The second kappa shape index (κ2) is 8.74. The van der Waals surface area contributed by atoms with Gasteiger partial charge in [-0.15, -0.1) is 0 Å². The molecule has 2 aliphatic heterocycles. The molecule has 2 heterocycles. The number of ether oxygens (including phenoxy) is 2. The molecule has 6 nitrogen and oxygen atoms in total. The van der Waals surface area contributed by atoms with E-state index in [0.717, 1.165) is 29.7 Å². The maximum absolute atomic E-state index is 12.5. The maximum Gasteiger partial charge on any atom is 0.309 e. The molecule has 27 heavy (non-hydrogen) atoms. The van der Waals surface area contributed by atoms with Crippen LogP contribution in [-0.2, 0) is 14.3 Å². The fraction of sp³-hybridized carbons (Fsp3) is 0.619. The van der Waals surface area contributed by atoms with Gasteiger partial charge in [-0.2, -0.15) is 0 Å². The van der Waals surface area contributed by atoms with E-state index in [1.807, 2.05) is 36.9 Å². The Morgan fingerprint density at radius 2 is 1.96 bits per heavy atom. The van der Waals surface area contributed by atoms with Crippen LogP contribution in [0, 0.1) is 25.7 Å². The van der Waals surface area contributed by atoms with E-state index >= 15 is 0 Å². The van der Waals surface area contributed by atoms with Gasteiger partial charge in [-0.1, -0.05) is 12.1 Å². The Kier molecular flexibility index (Phi) is 6.37. The van der Waals surface area contributed by atoms with Crippen molar-refractivity contribution in [2.24, 2.45) is 11.8 Å². The molecular formula is C21H29NO5. The Morgan fingerprint density at radius 3 is 2.67 bits per heavy atom. The highest BCUT2D eigenvalue weighted by molar-refractivity contribution is 5.76. The number of likely N-dealkylation sites (tertiary alicyclic amines) is 1. The zero-order chi connectivity index (χ0) is 19.4. The molecular weight excluding hydrogens is 346 g/mol. The number of carbonyl (C=O) groups excluding carboxylic acids is 1. The number of carbonyl (C=O) groups is 2. The highest BCUT2D eigenvalue weighted by atomic mass is 16.5. The number of carboxylic acid groups (broad SMARTS) is 1. The third-order valence-corrected chi connectivity index (χ3v) is 5.73. The monoisotopic (exact) mass is 375 g/mol. The molecule has 148 valence electrons. The van der Waals surface area contributed by atoms with Crippen LogP contribution in [-0.4, -0.2) is 54.3 Å². The Morgan fingerprint density at radius 1 is 1.22 bits per heavy atom. The third kappa shape index (κ3) is 4.80. The van der Waals surface area contributed by atoms with E-state index in [0.29, 0.717) is 39.1 Å². The minimum atomic E-state index is -0.764. The van der Waals surface area contributed by atoms with E-state index in [-0.39, 0.29) is 17.9 Å². The van der Waals surface area contributed by atoms with E-state index in [9.17, 15) is 14.7 Å². The predicted molar refractivity (Wildman–Crippen MR) is 101 cm³/mol. The Balaban J connectivity index is 1.43. The Hall–Kier alpha value is -2.08. The first-order valence-corrected chi connectivity index (χ1v) is 9.78. The van der Waals surface area contributed by atoms with Gasteiger partial charge >= 0.3 is 5.97 Å². The summed E-state index contributed by atoms with van der Waals surface area (Å²) in [6.45, 7) is 6.24. The number of hydrogen-bond donors (Lipinski definition) is 1. The average molecular weight is 375 g/mol. The molecule has 1 amide bonds. The largest absolute Gasteiger partial charge is 0.493 e. The van der Waals surface area contributed by atoms with E-state index in [2.05, 4.69) is 0 Å². The minimum Gasteiger partial charge on any atom is -0.493 e. The summed E-state index contributed by atoms with van der Waals surface area (Å²) < 4.78 is 11.5. The molecule has 1 unspecified atom stereocenters. The smallest absolute Gasteiger partial charge is 0.309 e. The molecule has 0 aliphatic carbocycles. The molecule has 2 aliphatic rings. The number of hydrogen-bond acceptors (Lipinski definition) is 4. The van der Waals surface area contributed by atoms with Crippen LogP contribution in [0.2, 0.25) is 0 Å². The summed E-state index contributed by atoms with van der Waals surface area (Å²) in [6.07, 6.45) is 2.35. The van der Waals surface area contributed by atoms with Gasteiger partial charge in [-0.25, -0.2) is 0 Å². The molecule has 6 heteroatoms. The van der Waals surface area contributed by atoms with Crippen molar-refractivity contribution in [3.05, 3.63) is 29.3 Å². The number of nitrogens with zero attached hydrogens (tertiary/aromatic N) is 1. The summed E-state index contributed by atoms with van der Waals surface area (Å²) in [7, 11) is 0. The van der Waals surface area contributed by atoms with Gasteiger partial charge in [0.15, 0.2) is 0 Å². The highest BCUT2D eigenvalue weighted by Crippen LogP contribution is 2.33. The lowest BCUT2D eigenvalue weighted by molar-refractivity contribution is -0.146. The standard InChI is InChI=1S/C21H29NO5/c1-14-3-4-15(2)18(13-14)26-12-8-19(23)22-9-5-16(6-10-22)20-17(21(24)25)7-11-27-20/h3-4,13,16-17,20H,5-12H2,1-2H3,(H,24,25)/t17?,20-/m0/s1. The van der Waals surface area contributed by atoms with E-state index < -0.39 is 11.9 Å². The molecule has 1 aromatic carbocycles. The van der Waals surface area contributed by atoms with Crippen LogP contribution in [0.4, 0.5) is 0 Å². The molecule has 1 N–H and O–H groups in total. The zero-order valence-corrected chi connectivity index (χ0v) is 16.1. The van der Waals surface area contributed by atoms with Crippen LogP contribution < -0.4 is 4.74 Å². The molecule has 2 fully saturated rings. The molecule has 1 aromatic rings. The quantitative estimate of drug-likeness (QED) is 0.827. The van der Waals surface area contributed by atoms with Crippen LogP contribution in [0.15, 0.2) is 18.2 Å². The lowest BCUT2D eigenvalue weighted by Gasteiger charge is -2.35. The maximum atomic E-state index is 12.5. The second-order valence-electron chi connectivity index (χ2n) is 7.65. The molecule has 0 spiro atoms. The molecule has 2 saturated heterocycles. The zero-order valence-electron chi connectivity index (χ0n) is 16.1. The number of amides is 1. The van der Waals surface area contributed by atoms with Crippen LogP contribution >= 0.6 is 0 Å². The Labute approximate surface area is 160 Å². The lowest BCUT2D eigenvalue weighted by atomic mass is 9.84. The minimum absolute atomic E-state index is 0.0980. The fourth-order valence-electron chi connectivity index (χ4n) is 4.09. The van der Waals surface area contributed by atoms with Crippen molar-refractivity contribution in [3.8, 4) is 5.75 Å². The van der Waals surface area contributed by atoms with Crippen LogP contribution in [0.25, 0.3) is 0 Å². The van der Waals surface area contributed by atoms with E-state index in [4.69, 9.17) is 9.47 Å². The molecule has 0 radical (unpaired) electrons. The summed E-state index contributed by atoms with van der Waals surface area (Å²) in [5, 5.41) is 9.32. The molecule has 2 atom stereocenters. The first kappa shape index (κ1) is 19.7. The molecule has 3 rings (SSSR count). The number of benzene rings is 1. The molecule has 0 aromatic heterocycles. The third-order valence-electron chi connectivity index (χ3n) is 5.73. The van der Waals surface area contributed by atoms with Crippen LogP contribution in [0.5, 0.6) is 5.75 Å². The van der Waals surface area contributed by atoms with E-state index in [1.54, 1.807) is 0 Å². The average Bonchev–Trinajstić information content (AvgIpc) is 3.15. The van der Waals surface area contributed by atoms with Gasteiger partial charge in [0.05, 0.1) is 25.0 Å². The van der Waals surface area contributed by atoms with Crippen LogP contribution in [0.3, 0.4) is 0 Å². The van der Waals surface area contributed by atoms with Gasteiger partial charge in [0, 0.05) is 19.7 Å². The van der Waals surface area contributed by atoms with Crippen molar-refractivity contribution >= 4 is 11.9 Å². The summed E-state index contributed by atoms with van der Waals surface area (Å²) >= 11 is 0. The van der Waals surface area contributed by atoms with Gasteiger partial charge in [-0.05, 0) is 56.2 Å². The van der Waals surface area contributed by atoms with Crippen molar-refractivity contribution in [1.29, 1.82) is 0 Å². The second-order valence-corrected chi connectivity index (χ2v) is 7.65. The highest BCUT2D eigenvalue weighted by Gasteiger charge is 2.40. The number of piperidine rings is 1. The van der Waals surface area contributed by atoms with Gasteiger partial charge in [-0.3, -0.25) is 9.59 Å². The summed E-state index contributed by atoms with van der Waals surface area (Å²) in [5.41, 5.74) is 2.20. The topological polar surface area (TPSA) is 76.1 Å². The summed E-state index contributed by atoms with van der Waals surface area (Å²) in [4.78, 5) is 25.7. The van der Waals surface area contributed by atoms with Crippen molar-refractivity contribution in [2.75, 3.05) is 26.3 Å². The first-order chi connectivity index (χ1) is 13.0. The number of aryl methyl sites for hydroxylation is 2. The van der Waals surface area contributed by atoms with E-state index in [1.165, 1.54) is 0 Å². The van der Waals surface area contributed by atoms with Gasteiger partial charge < -0.3 is 19.5 Å². The summed E-state index contributed by atoms with van der Waals surface area (Å²) in [5.74, 6) is -0.00727. The van der Waals surface area contributed by atoms with Gasteiger partial charge in [0.1, 0.15) is 5.75 Å². The summed E-state index contributed by atoms with van der Waals surface area (Å²) in [6, 6.07) is 6.05. The van der Waals surface area contributed by atoms with Gasteiger partial charge in [0.2, 0.25) is 5.91 Å². The number of rotatable bonds is 6. The first-order valence-electron chi connectivity index (χ1n) is 9.78. The van der Waals surface area contributed by atoms with Crippen molar-refractivity contribution in [2.45, 2.75) is 45.6 Å². The van der Waals surface area contributed by atoms with Crippen molar-refractivity contribution < 1.29 is 24.2 Å². The Bertz CT molecular complexity index is 681. The van der Waals surface area contributed by atoms with Crippen molar-refractivity contribution in [3.63, 3.8) is 0 Å². The normalized spacial score (nSPS) is 23.4. The van der Waals surface area contributed by atoms with Crippen LogP contribution in [0.1, 0.15) is 36.8 Å². The molecule has 0 saturated carbocycles. The van der Waals surface area contributed by atoms with Crippen molar-refractivity contribution in [1.82, 2.24) is 4.90 Å². The number of aliphatic carboxylic acids is 1. The molecule has 0 bridgehead atoms. The number of carboxylic acids is 1. The predicted octanol–water partition coefficient (Wildman–Crippen LogP) is 2.80. The SMILES string of the molecule is Cc1ccc(C)c(OCCC(=O)N2CCC([C@@H]3OCCC3C(=O)O)CC2)c1.